The molecule has 0 bridgehead atoms. The molecule has 4 N–H and O–H groups in total. The number of halogens is 4. The highest BCUT2D eigenvalue weighted by molar-refractivity contribution is 6.33. The van der Waals surface area contributed by atoms with E-state index in [-0.39, 0.29) is 84.1 Å². The van der Waals surface area contributed by atoms with E-state index in [2.05, 4.69) is 35.7 Å². The lowest BCUT2D eigenvalue weighted by molar-refractivity contribution is -0.137. The van der Waals surface area contributed by atoms with Gasteiger partial charge in [0.15, 0.2) is 17.3 Å². The van der Waals surface area contributed by atoms with Crippen molar-refractivity contribution in [2.24, 2.45) is 0 Å². The number of anilines is 2. The third-order valence-corrected chi connectivity index (χ3v) is 10.0. The fraction of sp³-hybridized carbons (Fsp3) is 0.371. The Bertz CT molecular complexity index is 2410. The van der Waals surface area contributed by atoms with Gasteiger partial charge in [-0.05, 0) is 63.9 Å². The number of hydrogen-bond acceptors (Lipinski definition) is 12. The lowest BCUT2D eigenvalue weighted by atomic mass is 9.85. The summed E-state index contributed by atoms with van der Waals surface area (Å²) in [5.74, 6) is -0.915. The third-order valence-electron chi connectivity index (χ3n) is 9.71. The summed E-state index contributed by atoms with van der Waals surface area (Å²) < 4.78 is 48.9. The Labute approximate surface area is 315 Å². The number of hydrogen-bond donors (Lipinski definition) is 4. The first-order chi connectivity index (χ1) is 26.1. The number of alkyl halides is 3. The van der Waals surface area contributed by atoms with Crippen LogP contribution < -0.4 is 16.2 Å². The van der Waals surface area contributed by atoms with Gasteiger partial charge in [0.25, 0.3) is 11.5 Å². The number of rotatable bonds is 8. The number of amides is 2. The monoisotopic (exact) mass is 782 g/mol. The second-order valence-corrected chi connectivity index (χ2v) is 13.6. The minimum Gasteiger partial charge on any atom is -0.504 e. The molecular weight excluding hydrogens is 749 g/mol. The molecule has 0 aliphatic carbocycles. The summed E-state index contributed by atoms with van der Waals surface area (Å²) in [4.78, 5) is 60.2. The molecule has 0 radical (unpaired) electrons. The highest BCUT2D eigenvalue weighted by Crippen LogP contribution is 2.48. The number of carbonyl (C=O) groups is 2. The molecule has 16 nitrogen and oxygen atoms in total. The Morgan fingerprint density at radius 2 is 1.84 bits per heavy atom. The summed E-state index contributed by atoms with van der Waals surface area (Å²) in [7, 11) is 0. The van der Waals surface area contributed by atoms with Crippen molar-refractivity contribution in [3.05, 3.63) is 85.9 Å². The highest BCUT2D eigenvalue weighted by Gasteiger charge is 2.50. The number of fused-ring (bicyclic) bond motifs is 3. The highest BCUT2D eigenvalue weighted by atomic mass is 35.5. The van der Waals surface area contributed by atoms with Gasteiger partial charge in [-0.15, -0.1) is 5.10 Å². The molecule has 5 aromatic rings. The van der Waals surface area contributed by atoms with E-state index in [9.17, 15) is 37.8 Å². The summed E-state index contributed by atoms with van der Waals surface area (Å²) in [6.45, 7) is 4.95. The van der Waals surface area contributed by atoms with Crippen molar-refractivity contribution in [1.82, 2.24) is 39.0 Å². The zero-order valence-corrected chi connectivity index (χ0v) is 30.4. The van der Waals surface area contributed by atoms with Gasteiger partial charge in [-0.25, -0.2) is 15.0 Å². The van der Waals surface area contributed by atoms with E-state index >= 15 is 0 Å². The fourth-order valence-corrected chi connectivity index (χ4v) is 7.29. The van der Waals surface area contributed by atoms with Gasteiger partial charge in [-0.3, -0.25) is 14.4 Å². The van der Waals surface area contributed by atoms with Crippen molar-refractivity contribution >= 4 is 40.7 Å². The minimum absolute atomic E-state index is 0.0102. The molecule has 7 rings (SSSR count). The number of nitrogens with one attached hydrogen (secondary N) is 2. The van der Waals surface area contributed by atoms with Crippen molar-refractivity contribution in [3.63, 3.8) is 0 Å². The SMILES string of the molecule is Cc1nc(NCCO)ccc1-c1nc2n(CC(=O)Nc3ccc(C(F)(F)F)cc3Cl)c3c(c(=O)n2n1)C1(CCN(C(=O)c2ncnc(C)c2O)CC1)OC3C. The predicted molar refractivity (Wildman–Crippen MR) is 191 cm³/mol. The van der Waals surface area contributed by atoms with Crippen molar-refractivity contribution in [3.8, 4) is 17.1 Å². The molecule has 1 spiro atoms. The topological polar surface area (TPSA) is 202 Å². The predicted octanol–water partition coefficient (Wildman–Crippen LogP) is 4.00. The van der Waals surface area contributed by atoms with Crippen LogP contribution in [0, 0.1) is 13.8 Å². The van der Waals surface area contributed by atoms with Gasteiger partial charge in [0.2, 0.25) is 11.7 Å². The summed E-state index contributed by atoms with van der Waals surface area (Å²) in [6, 6.07) is 5.93. The van der Waals surface area contributed by atoms with Crippen LogP contribution in [-0.4, -0.2) is 87.3 Å². The van der Waals surface area contributed by atoms with Crippen LogP contribution in [0.1, 0.15) is 64.6 Å². The normalized spacial score (nSPS) is 16.4. The number of aromatic hydroxyl groups is 1. The first kappa shape index (κ1) is 37.6. The summed E-state index contributed by atoms with van der Waals surface area (Å²) in [5.41, 5.74) is -1.15. The van der Waals surface area contributed by atoms with E-state index in [4.69, 9.17) is 16.3 Å². The quantitative estimate of drug-likeness (QED) is 0.177. The molecule has 1 atom stereocenters. The maximum atomic E-state index is 14.5. The molecule has 2 amide bonds. The number of piperidine rings is 1. The van der Waals surface area contributed by atoms with E-state index in [1.807, 2.05) is 0 Å². The largest absolute Gasteiger partial charge is 0.504 e. The molecule has 2 aliphatic heterocycles. The molecule has 0 saturated carbocycles. The van der Waals surface area contributed by atoms with Gasteiger partial charge in [-0.1, -0.05) is 11.6 Å². The van der Waals surface area contributed by atoms with Gasteiger partial charge in [0, 0.05) is 25.2 Å². The first-order valence-electron chi connectivity index (χ1n) is 17.1. The number of ether oxygens (including phenoxy) is 1. The van der Waals surface area contributed by atoms with E-state index < -0.39 is 47.4 Å². The Morgan fingerprint density at radius 3 is 2.51 bits per heavy atom. The number of aryl methyl sites for hydroxylation is 2. The third kappa shape index (κ3) is 6.82. The molecule has 6 heterocycles. The number of benzene rings is 1. The number of pyridine rings is 1. The van der Waals surface area contributed by atoms with Crippen LogP contribution in [0.15, 0.2) is 41.5 Å². The van der Waals surface area contributed by atoms with Crippen LogP contribution >= 0.6 is 11.6 Å². The molecule has 1 aromatic carbocycles. The summed E-state index contributed by atoms with van der Waals surface area (Å²) >= 11 is 6.15. The molecule has 4 aromatic heterocycles. The molecular formula is C35H34ClF3N10O6. The van der Waals surface area contributed by atoms with Crippen molar-refractivity contribution in [2.75, 3.05) is 36.9 Å². The Hall–Kier alpha value is -5.66. The van der Waals surface area contributed by atoms with E-state index in [0.717, 1.165) is 16.6 Å². The Balaban J connectivity index is 1.29. The maximum Gasteiger partial charge on any atom is 0.416 e. The molecule has 1 saturated heterocycles. The molecule has 2 aliphatic rings. The summed E-state index contributed by atoms with van der Waals surface area (Å²) in [6.07, 6.45) is -3.88. The van der Waals surface area contributed by atoms with Crippen LogP contribution in [0.3, 0.4) is 0 Å². The Kier molecular flexibility index (Phi) is 9.72. The van der Waals surface area contributed by atoms with Gasteiger partial charge in [-0.2, -0.15) is 22.7 Å². The average Bonchev–Trinajstić information content (AvgIpc) is 3.70. The van der Waals surface area contributed by atoms with Gasteiger partial charge in [0.1, 0.15) is 24.3 Å². The molecule has 1 unspecified atom stereocenters. The second kappa shape index (κ2) is 14.2. The van der Waals surface area contributed by atoms with Crippen LogP contribution in [0.25, 0.3) is 17.2 Å². The Morgan fingerprint density at radius 1 is 1.09 bits per heavy atom. The van der Waals surface area contributed by atoms with Gasteiger partial charge >= 0.3 is 6.18 Å². The lowest BCUT2D eigenvalue weighted by Gasteiger charge is -2.39. The van der Waals surface area contributed by atoms with Gasteiger partial charge < -0.3 is 35.1 Å². The zero-order valence-electron chi connectivity index (χ0n) is 29.6. The number of carbonyl (C=O) groups excluding carboxylic acids is 2. The number of nitrogens with zero attached hydrogens (tertiary/aromatic N) is 8. The smallest absolute Gasteiger partial charge is 0.416 e. The molecule has 20 heteroatoms. The van der Waals surface area contributed by atoms with Crippen molar-refractivity contribution < 1.29 is 37.7 Å². The van der Waals surface area contributed by atoms with Crippen molar-refractivity contribution in [1.29, 1.82) is 0 Å². The van der Waals surface area contributed by atoms with E-state index in [0.29, 0.717) is 28.8 Å². The number of aliphatic hydroxyl groups is 1. The van der Waals surface area contributed by atoms with Crippen molar-refractivity contribution in [2.45, 2.75) is 58.0 Å². The van der Waals surface area contributed by atoms with Crippen LogP contribution in [0.4, 0.5) is 24.7 Å². The zero-order chi connectivity index (χ0) is 39.4. The standard InChI is InChI=1S/C35H34ClF3N10O6/c1-17-21(5-7-24(43-17)40-10-13-50)30-45-33-48(15-25(51)44-23-6-4-20(14-22(23)36)35(37,38)39)28-19(3)55-34(26(28)31(53)49(33)46-30)8-11-47(12-9-34)32(54)27-29(52)18(2)41-16-42-27/h4-7,14,16,19,50,52H,8-13,15H2,1-3H3,(H,40,43)(H,44,51). The van der Waals surface area contributed by atoms with Crippen LogP contribution in [0.2, 0.25) is 5.02 Å². The van der Waals surface area contributed by atoms with E-state index in [1.54, 1.807) is 32.9 Å². The maximum absolute atomic E-state index is 14.5. The number of likely N-dealkylation sites (tertiary alicyclic amines) is 1. The molecule has 55 heavy (non-hydrogen) atoms. The number of aliphatic hydroxyl groups excluding tert-OH is 1. The average molecular weight is 783 g/mol. The lowest BCUT2D eigenvalue weighted by Crippen LogP contribution is -2.47. The van der Waals surface area contributed by atoms with Gasteiger partial charge in [0.05, 0.1) is 51.6 Å². The van der Waals surface area contributed by atoms with Crippen LogP contribution in [0.5, 0.6) is 5.75 Å². The molecule has 1 fully saturated rings. The molecule has 288 valence electrons. The van der Waals surface area contributed by atoms with Crippen LogP contribution in [-0.2, 0) is 27.9 Å². The first-order valence-corrected chi connectivity index (χ1v) is 17.5. The minimum atomic E-state index is -4.64. The second-order valence-electron chi connectivity index (χ2n) is 13.2. The van der Waals surface area contributed by atoms with E-state index in [1.165, 1.54) is 15.8 Å². The fourth-order valence-electron chi connectivity index (χ4n) is 7.07. The summed E-state index contributed by atoms with van der Waals surface area (Å²) in [5, 5.41) is 29.4. The number of aromatic nitrogens is 7.